The summed E-state index contributed by atoms with van der Waals surface area (Å²) in [4.78, 5) is 29.1. The van der Waals surface area contributed by atoms with E-state index in [1.165, 1.54) is 58.5 Å². The Balaban J connectivity index is 0.000000920. The van der Waals surface area contributed by atoms with Gasteiger partial charge in [0.25, 0.3) is 11.6 Å². The van der Waals surface area contributed by atoms with E-state index >= 15 is 0 Å². The summed E-state index contributed by atoms with van der Waals surface area (Å²) < 4.78 is 16.2. The van der Waals surface area contributed by atoms with E-state index in [4.69, 9.17) is 19.0 Å². The number of amides is 1. The number of nitrogens with zero attached hydrogens (tertiary/aromatic N) is 2. The van der Waals surface area contributed by atoms with Gasteiger partial charge in [-0.25, -0.2) is 5.06 Å². The van der Waals surface area contributed by atoms with E-state index in [9.17, 15) is 14.9 Å². The van der Waals surface area contributed by atoms with Gasteiger partial charge in [0.2, 0.25) is 0 Å². The minimum absolute atomic E-state index is 0.212. The molecule has 0 saturated heterocycles. The molecule has 2 rings (SSSR count). The van der Waals surface area contributed by atoms with Gasteiger partial charge in [0.05, 0.1) is 31.1 Å². The van der Waals surface area contributed by atoms with Gasteiger partial charge in [-0.3, -0.25) is 19.7 Å². The normalized spacial score (nSPS) is 19.8. The Morgan fingerprint density at radius 2 is 1.91 bits per heavy atom. The SMILES string of the molecule is COCOC1(C(=O)N(C)OC)C=C([N+](=O)[O-])C=C(OC)C1c1ccccc1.[Li][CH2]CCC. The maximum absolute atomic E-state index is 13.2. The summed E-state index contributed by atoms with van der Waals surface area (Å²) in [6.07, 6.45) is 5.19. The molecule has 0 bridgehead atoms. The molecule has 1 amide bonds. The third-order valence-corrected chi connectivity index (χ3v) is 4.96. The fourth-order valence-electron chi connectivity index (χ4n) is 3.34. The number of hydrogen-bond acceptors (Lipinski definition) is 7. The molecule has 0 aromatic heterocycles. The topological polar surface area (TPSA) is 100 Å². The molecule has 0 radical (unpaired) electrons. The Labute approximate surface area is 198 Å². The van der Waals surface area contributed by atoms with Crippen LogP contribution in [0, 0.1) is 10.1 Å². The summed E-state index contributed by atoms with van der Waals surface area (Å²) in [6, 6.07) is 8.98. The zero-order valence-electron chi connectivity index (χ0n) is 19.7. The van der Waals surface area contributed by atoms with E-state index in [-0.39, 0.29) is 18.2 Å². The van der Waals surface area contributed by atoms with Gasteiger partial charge in [0.1, 0.15) is 12.6 Å². The van der Waals surface area contributed by atoms with E-state index in [1.54, 1.807) is 24.3 Å². The molecular weight excluding hydrogens is 411 g/mol. The second-order valence-electron chi connectivity index (χ2n) is 7.10. The van der Waals surface area contributed by atoms with Crippen molar-refractivity contribution in [1.82, 2.24) is 5.06 Å². The fraction of sp³-hybridized carbons (Fsp3) is 0.500. The zero-order valence-corrected chi connectivity index (χ0v) is 19.7. The summed E-state index contributed by atoms with van der Waals surface area (Å²) in [6.45, 7) is 1.94. The molecule has 0 heterocycles. The predicted octanol–water partition coefficient (Wildman–Crippen LogP) is 3.23. The van der Waals surface area contributed by atoms with Gasteiger partial charge in [-0.05, 0) is 5.56 Å². The zero-order chi connectivity index (χ0) is 24.1. The van der Waals surface area contributed by atoms with Crippen LogP contribution in [0.3, 0.4) is 0 Å². The van der Waals surface area contributed by atoms with Crippen LogP contribution in [0.15, 0.2) is 53.9 Å². The average Bonchev–Trinajstić information content (AvgIpc) is 2.82. The van der Waals surface area contributed by atoms with E-state index in [0.29, 0.717) is 5.56 Å². The number of hydrogen-bond donors (Lipinski definition) is 0. The van der Waals surface area contributed by atoms with E-state index in [1.807, 2.05) is 6.07 Å². The summed E-state index contributed by atoms with van der Waals surface area (Å²) in [5, 5.41) is 13.8. The molecule has 172 valence electrons. The molecular formula is C22H31LiN2O7. The van der Waals surface area contributed by atoms with Crippen molar-refractivity contribution in [3.05, 3.63) is 69.6 Å². The van der Waals surface area contributed by atoms with Gasteiger partial charge in [-0.1, -0.05) is 30.3 Å². The predicted molar refractivity (Wildman–Crippen MR) is 120 cm³/mol. The molecule has 0 saturated carbocycles. The molecule has 1 aliphatic rings. The van der Waals surface area contributed by atoms with Crippen molar-refractivity contribution in [1.29, 1.82) is 0 Å². The number of benzene rings is 1. The number of ether oxygens (including phenoxy) is 3. The second-order valence-corrected chi connectivity index (χ2v) is 7.10. The Morgan fingerprint density at radius 3 is 2.34 bits per heavy atom. The average molecular weight is 442 g/mol. The first-order valence-corrected chi connectivity index (χ1v) is 10.5. The van der Waals surface area contributed by atoms with Crippen LogP contribution >= 0.6 is 0 Å². The molecule has 0 spiro atoms. The van der Waals surface area contributed by atoms with Gasteiger partial charge in [0.15, 0.2) is 5.60 Å². The number of carbonyl (C=O) groups excluding carboxylic acids is 1. The van der Waals surface area contributed by atoms with Crippen LogP contribution in [-0.2, 0) is 23.8 Å². The Morgan fingerprint density at radius 1 is 1.25 bits per heavy atom. The second kappa shape index (κ2) is 14.1. The van der Waals surface area contributed by atoms with Gasteiger partial charge >= 0.3 is 42.6 Å². The molecule has 9 nitrogen and oxygen atoms in total. The number of nitro groups is 1. The van der Waals surface area contributed by atoms with Crippen molar-refractivity contribution in [2.45, 2.75) is 36.4 Å². The van der Waals surface area contributed by atoms with Gasteiger partial charge in [-0.15, -0.1) is 0 Å². The minimum atomic E-state index is -1.80. The molecule has 1 aliphatic carbocycles. The number of rotatable bonds is 10. The summed E-state index contributed by atoms with van der Waals surface area (Å²) in [5.41, 5.74) is -1.45. The van der Waals surface area contributed by atoms with Crippen LogP contribution in [0.4, 0.5) is 0 Å². The van der Waals surface area contributed by atoms with Crippen LogP contribution < -0.4 is 0 Å². The van der Waals surface area contributed by atoms with Gasteiger partial charge < -0.3 is 14.2 Å². The Bertz CT molecular complexity index is 799. The van der Waals surface area contributed by atoms with Gasteiger partial charge in [0, 0.05) is 20.2 Å². The van der Waals surface area contributed by atoms with E-state index in [2.05, 4.69) is 24.6 Å². The molecule has 2 atom stereocenters. The molecule has 0 fully saturated rings. The van der Waals surface area contributed by atoms with Crippen LogP contribution in [0.2, 0.25) is 5.09 Å². The monoisotopic (exact) mass is 442 g/mol. The maximum atomic E-state index is 13.2. The van der Waals surface area contributed by atoms with Crippen molar-refractivity contribution in [2.75, 3.05) is 35.2 Å². The molecule has 1 aromatic carbocycles. The molecule has 0 N–H and O–H groups in total. The Kier molecular flexibility index (Phi) is 12.3. The number of carbonyl (C=O) groups is 1. The molecule has 10 heteroatoms. The van der Waals surface area contributed by atoms with Crippen molar-refractivity contribution in [3.8, 4) is 0 Å². The van der Waals surface area contributed by atoms with Crippen molar-refractivity contribution < 1.29 is 28.8 Å². The standard InChI is InChI=1S/C18H22N2O7.C4H9.Li/c1-19(26-4)17(21)18(27-12-24-2)11-14(20(22)23)10-15(25-3)16(18)13-8-6-5-7-9-13;1-3-4-2;/h5-11,16H,12H2,1-4H3;1,3-4H2,2H3;. The summed E-state index contributed by atoms with van der Waals surface area (Å²) in [5.74, 6) is -1.21. The van der Waals surface area contributed by atoms with Crippen molar-refractivity contribution >= 4 is 23.6 Å². The third-order valence-electron chi connectivity index (χ3n) is 4.96. The van der Waals surface area contributed by atoms with Crippen LogP contribution in [0.25, 0.3) is 0 Å². The number of hydroxylamine groups is 2. The van der Waals surface area contributed by atoms with E-state index in [0.717, 1.165) is 5.06 Å². The third kappa shape index (κ3) is 6.92. The van der Waals surface area contributed by atoms with Crippen molar-refractivity contribution in [3.63, 3.8) is 0 Å². The number of methoxy groups -OCH3 is 2. The fourth-order valence-corrected chi connectivity index (χ4v) is 3.34. The first kappa shape index (κ1) is 27.9. The molecule has 32 heavy (non-hydrogen) atoms. The first-order chi connectivity index (χ1) is 15.3. The number of unbranched alkanes of at least 4 members (excludes halogenated alkanes) is 1. The number of allylic oxidation sites excluding steroid dienone is 1. The molecule has 2 unspecified atom stereocenters. The van der Waals surface area contributed by atoms with Crippen molar-refractivity contribution in [2.24, 2.45) is 0 Å². The Hall–Kier alpha value is -2.15. The molecule has 1 aromatic rings. The van der Waals surface area contributed by atoms with Gasteiger partial charge in [-0.2, -0.15) is 0 Å². The number of likely N-dealkylation sites (N-methyl/N-ethyl adjacent to an activating group) is 1. The molecule has 0 aliphatic heterocycles. The summed E-state index contributed by atoms with van der Waals surface area (Å²) >= 11 is 2.21. The van der Waals surface area contributed by atoms with Crippen LogP contribution in [0.5, 0.6) is 0 Å². The summed E-state index contributed by atoms with van der Waals surface area (Å²) in [7, 11) is 5.49. The van der Waals surface area contributed by atoms with Crippen LogP contribution in [-0.4, -0.2) is 74.4 Å². The quantitative estimate of drug-likeness (QED) is 0.237. The van der Waals surface area contributed by atoms with Crippen LogP contribution in [0.1, 0.15) is 31.2 Å². The first-order valence-electron chi connectivity index (χ1n) is 10.5. The van der Waals surface area contributed by atoms with E-state index < -0.39 is 22.3 Å².